The number of nitrogens with zero attached hydrogens (tertiary/aromatic N) is 1. The number of hydrogen-bond acceptors (Lipinski definition) is 3. The third-order valence-corrected chi connectivity index (χ3v) is 5.57. The van der Waals surface area contributed by atoms with E-state index < -0.39 is 0 Å². The van der Waals surface area contributed by atoms with Gasteiger partial charge in [-0.15, -0.1) is 11.3 Å². The van der Waals surface area contributed by atoms with Gasteiger partial charge in [0.2, 0.25) is 5.91 Å². The molecule has 2 aliphatic rings. The molecule has 2 heterocycles. The van der Waals surface area contributed by atoms with Crippen LogP contribution in [0.25, 0.3) is 0 Å². The smallest absolute Gasteiger partial charge is 0.227 e. The summed E-state index contributed by atoms with van der Waals surface area (Å²) in [4.78, 5) is 15.6. The number of nitrogens with one attached hydrogen (secondary N) is 1. The second kappa shape index (κ2) is 5.15. The van der Waals surface area contributed by atoms with Crippen LogP contribution in [0.2, 0.25) is 0 Å². The van der Waals surface area contributed by atoms with Crippen LogP contribution in [0.15, 0.2) is 17.5 Å². The predicted molar refractivity (Wildman–Crippen MR) is 82.5 cm³/mol. The normalized spacial score (nSPS) is 27.4. The molecule has 1 saturated carbocycles. The number of likely N-dealkylation sites (tertiary alicyclic amines) is 1. The van der Waals surface area contributed by atoms with Crippen molar-refractivity contribution in [1.29, 1.82) is 0 Å². The third-order valence-electron chi connectivity index (χ3n) is 4.64. The van der Waals surface area contributed by atoms with Crippen molar-refractivity contribution in [2.75, 3.05) is 6.67 Å². The van der Waals surface area contributed by atoms with Gasteiger partial charge in [-0.1, -0.05) is 26.8 Å². The Hall–Kier alpha value is -0.870. The first-order chi connectivity index (χ1) is 9.47. The summed E-state index contributed by atoms with van der Waals surface area (Å²) in [6, 6.07) is 5.08. The lowest BCUT2D eigenvalue weighted by atomic mass is 9.86. The third kappa shape index (κ3) is 2.51. The molecule has 1 aliphatic heterocycles. The number of rotatable bonds is 4. The standard InChI is InChI=1S/C16H24N2OS/c1-16(2,3)14(13-5-4-8-20-13)17-10-18-12-7-6-11(9-12)15(18)19/h4-5,8,11-12,14,17H,6-7,9-10H2,1-3H3/t11-,12-,14-/m0/s1. The highest BCUT2D eigenvalue weighted by molar-refractivity contribution is 7.10. The van der Waals surface area contributed by atoms with Crippen LogP contribution in [-0.4, -0.2) is 23.5 Å². The molecule has 1 aromatic rings. The van der Waals surface area contributed by atoms with Crippen molar-refractivity contribution >= 4 is 17.2 Å². The Morgan fingerprint density at radius 3 is 2.80 bits per heavy atom. The molecule has 0 radical (unpaired) electrons. The van der Waals surface area contributed by atoms with Crippen LogP contribution in [0, 0.1) is 11.3 Å². The number of amides is 1. The molecule has 0 aromatic carbocycles. The van der Waals surface area contributed by atoms with Gasteiger partial charge in [-0.05, 0) is 36.1 Å². The first-order valence-electron chi connectivity index (χ1n) is 7.54. The topological polar surface area (TPSA) is 32.3 Å². The first kappa shape index (κ1) is 14.1. The quantitative estimate of drug-likeness (QED) is 0.922. The monoisotopic (exact) mass is 292 g/mol. The van der Waals surface area contributed by atoms with Crippen LogP contribution in [0.4, 0.5) is 0 Å². The average Bonchev–Trinajstić information content (AvgIpc) is 3.06. The highest BCUT2D eigenvalue weighted by Crippen LogP contribution is 2.39. The Kier molecular flexibility index (Phi) is 3.63. The molecule has 2 fully saturated rings. The summed E-state index contributed by atoms with van der Waals surface area (Å²) in [5.74, 6) is 0.684. The maximum atomic E-state index is 12.2. The molecule has 1 aliphatic carbocycles. The van der Waals surface area contributed by atoms with Crippen LogP contribution in [0.5, 0.6) is 0 Å². The number of fused-ring (bicyclic) bond motifs is 2. The summed E-state index contributed by atoms with van der Waals surface area (Å²) in [5.41, 5.74) is 0.145. The molecular formula is C16H24N2OS. The maximum absolute atomic E-state index is 12.2. The van der Waals surface area contributed by atoms with Gasteiger partial charge in [-0.3, -0.25) is 10.1 Å². The van der Waals surface area contributed by atoms with Gasteiger partial charge in [0.15, 0.2) is 0 Å². The van der Waals surface area contributed by atoms with Crippen molar-refractivity contribution in [2.24, 2.45) is 11.3 Å². The zero-order valence-electron chi connectivity index (χ0n) is 12.6. The Labute approximate surface area is 125 Å². The molecule has 0 spiro atoms. The van der Waals surface area contributed by atoms with Crippen molar-refractivity contribution < 1.29 is 4.79 Å². The van der Waals surface area contributed by atoms with Crippen LogP contribution in [0.1, 0.15) is 51.0 Å². The lowest BCUT2D eigenvalue weighted by Gasteiger charge is -2.35. The van der Waals surface area contributed by atoms with E-state index in [2.05, 4.69) is 48.5 Å². The number of piperidine rings is 1. The van der Waals surface area contributed by atoms with E-state index in [0.717, 1.165) is 12.8 Å². The summed E-state index contributed by atoms with van der Waals surface area (Å²) in [7, 11) is 0. The molecule has 1 saturated heterocycles. The van der Waals surface area contributed by atoms with Crippen LogP contribution >= 0.6 is 11.3 Å². The van der Waals surface area contributed by atoms with Gasteiger partial charge in [-0.2, -0.15) is 0 Å². The number of hydrogen-bond donors (Lipinski definition) is 1. The number of carbonyl (C=O) groups excluding carboxylic acids is 1. The molecule has 3 atom stereocenters. The Bertz CT molecular complexity index is 477. The van der Waals surface area contributed by atoms with E-state index in [1.54, 1.807) is 11.3 Å². The van der Waals surface area contributed by atoms with Crippen LogP contribution < -0.4 is 5.32 Å². The van der Waals surface area contributed by atoms with Gasteiger partial charge in [0, 0.05) is 22.9 Å². The minimum atomic E-state index is 0.145. The SMILES string of the molecule is CC(C)(C)[C@@H](NCN1C(=O)[C@H]2CC[C@H]1C2)c1cccs1. The minimum absolute atomic E-state index is 0.145. The van der Waals surface area contributed by atoms with E-state index in [1.165, 1.54) is 11.3 Å². The molecule has 2 bridgehead atoms. The molecule has 20 heavy (non-hydrogen) atoms. The van der Waals surface area contributed by atoms with Crippen molar-refractivity contribution in [2.45, 2.75) is 52.1 Å². The van der Waals surface area contributed by atoms with Gasteiger partial charge >= 0.3 is 0 Å². The Morgan fingerprint density at radius 2 is 2.25 bits per heavy atom. The van der Waals surface area contributed by atoms with Crippen molar-refractivity contribution in [1.82, 2.24) is 10.2 Å². The summed E-state index contributed by atoms with van der Waals surface area (Å²) in [6.07, 6.45) is 3.38. The molecule has 1 aromatic heterocycles. The molecule has 110 valence electrons. The zero-order chi connectivity index (χ0) is 14.3. The summed E-state index contributed by atoms with van der Waals surface area (Å²) in [6.45, 7) is 7.45. The maximum Gasteiger partial charge on any atom is 0.227 e. The summed E-state index contributed by atoms with van der Waals surface area (Å²) in [5, 5.41) is 5.76. The van der Waals surface area contributed by atoms with Crippen LogP contribution in [0.3, 0.4) is 0 Å². The van der Waals surface area contributed by atoms with Crippen molar-refractivity contribution in [3.05, 3.63) is 22.4 Å². The highest BCUT2D eigenvalue weighted by atomic mass is 32.1. The van der Waals surface area contributed by atoms with E-state index in [0.29, 0.717) is 30.6 Å². The van der Waals surface area contributed by atoms with E-state index in [4.69, 9.17) is 0 Å². The van der Waals surface area contributed by atoms with Crippen molar-refractivity contribution in [3.8, 4) is 0 Å². The molecule has 0 unspecified atom stereocenters. The van der Waals surface area contributed by atoms with E-state index in [-0.39, 0.29) is 5.41 Å². The van der Waals surface area contributed by atoms with Gasteiger partial charge in [0.25, 0.3) is 0 Å². The van der Waals surface area contributed by atoms with Crippen LogP contribution in [-0.2, 0) is 4.79 Å². The van der Waals surface area contributed by atoms with E-state index in [1.807, 2.05) is 0 Å². The zero-order valence-corrected chi connectivity index (χ0v) is 13.4. The Morgan fingerprint density at radius 1 is 1.45 bits per heavy atom. The van der Waals surface area contributed by atoms with Gasteiger partial charge in [0.05, 0.1) is 6.67 Å². The molecular weight excluding hydrogens is 268 g/mol. The lowest BCUT2D eigenvalue weighted by molar-refractivity contribution is -0.134. The Balaban J connectivity index is 1.68. The van der Waals surface area contributed by atoms with Gasteiger partial charge in [0.1, 0.15) is 0 Å². The minimum Gasteiger partial charge on any atom is -0.327 e. The summed E-state index contributed by atoms with van der Waals surface area (Å²) >= 11 is 1.79. The predicted octanol–water partition coefficient (Wildman–Crippen LogP) is 3.39. The first-order valence-corrected chi connectivity index (χ1v) is 8.42. The fourth-order valence-corrected chi connectivity index (χ4v) is 4.61. The van der Waals surface area contributed by atoms with E-state index >= 15 is 0 Å². The second-order valence-corrected chi connectivity index (χ2v) is 8.13. The molecule has 4 heteroatoms. The number of thiophene rings is 1. The fourth-order valence-electron chi connectivity index (χ4n) is 3.57. The van der Waals surface area contributed by atoms with Gasteiger partial charge < -0.3 is 4.90 Å². The summed E-state index contributed by atoms with van der Waals surface area (Å²) < 4.78 is 0. The largest absolute Gasteiger partial charge is 0.327 e. The van der Waals surface area contributed by atoms with Crippen molar-refractivity contribution in [3.63, 3.8) is 0 Å². The number of carbonyl (C=O) groups is 1. The fraction of sp³-hybridized carbons (Fsp3) is 0.688. The second-order valence-electron chi connectivity index (χ2n) is 7.15. The average molecular weight is 292 g/mol. The molecule has 3 nitrogen and oxygen atoms in total. The molecule has 3 rings (SSSR count). The lowest BCUT2D eigenvalue weighted by Crippen LogP contribution is -2.46. The highest BCUT2D eigenvalue weighted by Gasteiger charge is 2.44. The van der Waals surface area contributed by atoms with Gasteiger partial charge in [-0.25, -0.2) is 0 Å². The molecule has 1 amide bonds. The van der Waals surface area contributed by atoms with E-state index in [9.17, 15) is 4.79 Å². The molecule has 1 N–H and O–H groups in total.